The highest BCUT2D eigenvalue weighted by Gasteiger charge is 2.18. The number of para-hydroxylation sites is 1. The third-order valence-corrected chi connectivity index (χ3v) is 17.2. The molecule has 0 fully saturated rings. The van der Waals surface area contributed by atoms with Crippen LogP contribution < -0.4 is 11.1 Å². The Bertz CT molecular complexity index is 4590. The number of nitrogen functional groups attached to an aromatic ring is 1. The lowest BCUT2D eigenvalue weighted by Crippen LogP contribution is -2.30. The van der Waals surface area contributed by atoms with Gasteiger partial charge in [0.1, 0.15) is 0 Å². The van der Waals surface area contributed by atoms with Gasteiger partial charge in [0.05, 0.1) is 41.5 Å². The number of hydrogen-bond acceptors (Lipinski definition) is 12. The topological polar surface area (TPSA) is 170 Å². The smallest absolute Gasteiger partial charge is 0.270 e. The second kappa shape index (κ2) is 37.6. The highest BCUT2D eigenvalue weighted by molar-refractivity contribution is 9.10. The average molecular weight is 1360 g/mol. The van der Waals surface area contributed by atoms with E-state index in [1.54, 1.807) is 24.3 Å². The summed E-state index contributed by atoms with van der Waals surface area (Å²) in [6, 6.07) is 73.6. The van der Waals surface area contributed by atoms with E-state index in [9.17, 15) is 20.2 Å². The van der Waals surface area contributed by atoms with Crippen LogP contribution in [0.3, 0.4) is 0 Å². The van der Waals surface area contributed by atoms with Crippen molar-refractivity contribution in [3.63, 3.8) is 0 Å². The number of anilines is 3. The molecule has 14 rings (SSSR count). The summed E-state index contributed by atoms with van der Waals surface area (Å²) in [4.78, 5) is 34.1. The summed E-state index contributed by atoms with van der Waals surface area (Å²) in [5.74, 6) is 22.0. The van der Waals surface area contributed by atoms with Gasteiger partial charge in [0, 0.05) is 133 Å². The number of nitrogens with one attached hydrogen (secondary N) is 1. The van der Waals surface area contributed by atoms with Crippen molar-refractivity contribution in [3.8, 4) is 47.9 Å². The predicted molar refractivity (Wildman–Crippen MR) is 400 cm³/mol. The molecule has 0 atom stereocenters. The van der Waals surface area contributed by atoms with Crippen LogP contribution in [-0.2, 0) is 51.9 Å². The van der Waals surface area contributed by atoms with Crippen LogP contribution in [0.5, 0.6) is 0 Å². The van der Waals surface area contributed by atoms with Gasteiger partial charge in [-0.2, -0.15) is 0 Å². The Morgan fingerprint density at radius 1 is 0.480 bits per heavy atom. The molecule has 10 aromatic rings. The lowest BCUT2D eigenvalue weighted by atomic mass is 10.00. The van der Waals surface area contributed by atoms with E-state index in [0.29, 0.717) is 12.1 Å². The number of benzene rings is 9. The number of rotatable bonds is 8. The molecular weight excluding hydrogens is 1280 g/mol. The predicted octanol–water partition coefficient (Wildman–Crippen LogP) is 15.0. The lowest BCUT2D eigenvalue weighted by Gasteiger charge is -2.26. The Hall–Kier alpha value is -10.7. The lowest BCUT2D eigenvalue weighted by molar-refractivity contribution is -0.385. The number of fused-ring (bicyclic) bond motifs is 5. The number of non-ortho nitro benzene ring substituents is 2. The van der Waals surface area contributed by atoms with Gasteiger partial charge >= 0.3 is 0 Å². The maximum absolute atomic E-state index is 10.7. The van der Waals surface area contributed by atoms with Crippen molar-refractivity contribution >= 4 is 55.3 Å². The Labute approximate surface area is 584 Å². The fraction of sp³-hybridized carbons (Fsp3) is 0.217. The number of hydrogen-bond donors (Lipinski definition) is 3. The summed E-state index contributed by atoms with van der Waals surface area (Å²) in [6.07, 6.45) is 9.70. The minimum Gasteiger partial charge on any atom is -0.400 e. The quantitative estimate of drug-likeness (QED) is 0.0570. The number of nitrogens with zero attached hydrogens (tertiary/aromatic N) is 7. The number of aliphatic hydroxyl groups is 1. The third kappa shape index (κ3) is 22.2. The largest absolute Gasteiger partial charge is 0.400 e. The first-order valence-electron chi connectivity index (χ1n) is 32.6. The van der Waals surface area contributed by atoms with E-state index >= 15 is 0 Å². The van der Waals surface area contributed by atoms with Crippen molar-refractivity contribution in [2.45, 2.75) is 58.8 Å². The van der Waals surface area contributed by atoms with Crippen molar-refractivity contribution in [1.29, 1.82) is 0 Å². The molecule has 4 N–H and O–H groups in total. The first kappa shape index (κ1) is 71.6. The van der Waals surface area contributed by atoms with E-state index in [1.807, 2.05) is 43.3 Å². The number of nitrogens with two attached hydrogens (primary N) is 1. The van der Waals surface area contributed by atoms with E-state index in [1.165, 1.54) is 68.8 Å². The van der Waals surface area contributed by atoms with Gasteiger partial charge in [-0.05, 0) is 138 Å². The van der Waals surface area contributed by atoms with Gasteiger partial charge in [-0.15, -0.1) is 6.42 Å². The van der Waals surface area contributed by atoms with Crippen LogP contribution in [0.15, 0.2) is 229 Å². The summed E-state index contributed by atoms with van der Waals surface area (Å²) < 4.78 is 0.724. The van der Waals surface area contributed by atoms with Crippen molar-refractivity contribution in [2.24, 2.45) is 0 Å². The third-order valence-electron chi connectivity index (χ3n) is 16.7. The number of nitro benzene ring substituents is 2. The minimum absolute atomic E-state index is 0.0821. The molecule has 98 heavy (non-hydrogen) atoms. The molecule has 15 heteroatoms. The number of nitro groups is 2. The van der Waals surface area contributed by atoms with Crippen molar-refractivity contribution in [3.05, 3.63) is 316 Å². The number of pyridine rings is 1. The second-order valence-electron chi connectivity index (χ2n) is 23.7. The van der Waals surface area contributed by atoms with Crippen LogP contribution in [0, 0.1) is 75.0 Å². The number of terminal acetylenes is 1. The summed E-state index contributed by atoms with van der Waals surface area (Å²) in [5.41, 5.74) is 25.0. The molecule has 1 aromatic heterocycles. The Morgan fingerprint density at radius 3 is 1.31 bits per heavy atom. The first-order chi connectivity index (χ1) is 47.9. The zero-order chi connectivity index (χ0) is 68.9. The fourth-order valence-corrected chi connectivity index (χ4v) is 12.2. The van der Waals surface area contributed by atoms with E-state index in [4.69, 9.17) is 17.3 Å². The number of aryl methyl sites for hydroxylation is 1. The van der Waals surface area contributed by atoms with Crippen LogP contribution in [0.25, 0.3) is 10.9 Å². The Balaban J connectivity index is 0.000000149. The normalized spacial score (nSPS) is 13.4. The number of aliphatic hydroxyl groups excluding tert-OH is 1. The van der Waals surface area contributed by atoms with E-state index in [2.05, 4.69) is 227 Å². The zero-order valence-corrected chi connectivity index (χ0v) is 57.0. The molecule has 0 unspecified atom stereocenters. The van der Waals surface area contributed by atoms with Gasteiger partial charge in [0.2, 0.25) is 0 Å². The van der Waals surface area contributed by atoms with E-state index in [0.717, 1.165) is 154 Å². The van der Waals surface area contributed by atoms with Crippen molar-refractivity contribution in [2.75, 3.05) is 70.5 Å². The van der Waals surface area contributed by atoms with Crippen LogP contribution in [0.2, 0.25) is 0 Å². The maximum Gasteiger partial charge on any atom is 0.270 e. The first-order valence-corrected chi connectivity index (χ1v) is 33.4. The number of aromatic nitrogens is 1. The fourth-order valence-electron chi connectivity index (χ4n) is 11.8. The molecule has 5 heterocycles. The summed E-state index contributed by atoms with van der Waals surface area (Å²) in [5, 5.41) is 32.6. The van der Waals surface area contributed by atoms with Crippen molar-refractivity contribution in [1.82, 2.24) is 24.6 Å². The Kier molecular flexibility index (Phi) is 27.4. The summed E-state index contributed by atoms with van der Waals surface area (Å²) in [7, 11) is 1.00. The average Bonchev–Trinajstić information content (AvgIpc) is 0.823. The molecular formula is C83H80BrN9O5. The zero-order valence-electron chi connectivity index (χ0n) is 55.4. The van der Waals surface area contributed by atoms with Crippen LogP contribution in [0.4, 0.5) is 28.4 Å². The van der Waals surface area contributed by atoms with Crippen molar-refractivity contribution < 1.29 is 15.0 Å². The molecule has 0 spiro atoms. The number of halogens is 1. The molecule has 4 aliphatic heterocycles. The molecule has 0 saturated carbocycles. The molecule has 0 radical (unpaired) electrons. The highest BCUT2D eigenvalue weighted by atomic mass is 79.9. The summed E-state index contributed by atoms with van der Waals surface area (Å²) in [6.45, 7) is 13.3. The van der Waals surface area contributed by atoms with Crippen LogP contribution in [-0.4, -0.2) is 99.0 Å². The standard InChI is InChI=1S/C28H25N3.C18H16N2O2.C18H18N2.C12H13N.C6H4BrNO2.CH4O/c1-21-18-28(26-13-4-5-14-27(26)29-21)30-25-12-6-8-22(19-25)9-7-16-31-17-15-23-10-2-3-11-24(23)20-31;21-20(22)18-9-3-5-15(13-18)6-4-11-19-12-10-16-7-1-2-8-17(16)14-19;19-18-9-3-5-15(13-18)6-4-11-20-12-10-16-7-1-2-8-17(16)14-20;1-2-8-13-9-7-11-5-3-4-6-12(11)10-13;7-5-2-1-3-6(4-5)8(9)10;1-2/h2-6,8,10-14,18-19H,15-17,20H2,1H3,(H,29,30);1-3,5,7-9,13H,10-12,14H2;1-3,5,7-9,13H,10-12,14,19H2;1,3-6H,7-10H2;1-4H;2H,1H3. The van der Waals surface area contributed by atoms with Gasteiger partial charge in [-0.25, -0.2) is 0 Å². The Morgan fingerprint density at radius 2 is 0.867 bits per heavy atom. The van der Waals surface area contributed by atoms with E-state index in [-0.39, 0.29) is 11.4 Å². The van der Waals surface area contributed by atoms with Gasteiger partial charge in [-0.1, -0.05) is 197 Å². The molecule has 4 aliphatic rings. The van der Waals surface area contributed by atoms with Crippen LogP contribution in [0.1, 0.15) is 66.9 Å². The monoisotopic (exact) mass is 1360 g/mol. The van der Waals surface area contributed by atoms with Gasteiger partial charge in [0.25, 0.3) is 11.4 Å². The molecule has 494 valence electrons. The van der Waals surface area contributed by atoms with Gasteiger partial charge < -0.3 is 16.2 Å². The SMILES string of the molecule is C#CCN1CCc2ccccc2C1.CO.Cc1cc(Nc2cccc(C#CCN3CCc4ccccc4C3)c2)c2ccccc2n1.Nc1cccc(C#CCN2CCc3ccccc3C2)c1.O=[N+]([O-])c1cccc(Br)c1.O=[N+]([O-])c1cccc(C#CCN2CCc3ccccc3C2)c1. The molecule has 0 bridgehead atoms. The molecule has 0 aliphatic carbocycles. The minimum atomic E-state index is -0.426. The highest BCUT2D eigenvalue weighted by Crippen LogP contribution is 2.28. The van der Waals surface area contributed by atoms with E-state index < -0.39 is 9.85 Å². The second-order valence-corrected chi connectivity index (χ2v) is 24.6. The molecule has 14 nitrogen and oxygen atoms in total. The maximum atomic E-state index is 10.7. The van der Waals surface area contributed by atoms with Crippen LogP contribution >= 0.6 is 15.9 Å². The molecule has 9 aromatic carbocycles. The molecule has 0 amide bonds. The van der Waals surface area contributed by atoms with Gasteiger partial charge in [-0.3, -0.25) is 44.8 Å². The van der Waals surface area contributed by atoms with Gasteiger partial charge in [0.15, 0.2) is 0 Å². The molecule has 0 saturated heterocycles. The summed E-state index contributed by atoms with van der Waals surface area (Å²) >= 11 is 3.13.